The molecule has 1 N–H and O–H groups in total. The van der Waals surface area contributed by atoms with Gasteiger partial charge in [0.25, 0.3) is 0 Å². The predicted molar refractivity (Wildman–Crippen MR) is 125 cm³/mol. The van der Waals surface area contributed by atoms with E-state index < -0.39 is 9.84 Å². The molecule has 2 aromatic carbocycles. The first-order valence-corrected chi connectivity index (χ1v) is 13.2. The van der Waals surface area contributed by atoms with Crippen LogP contribution in [-0.4, -0.2) is 26.5 Å². The molecule has 1 fully saturated rings. The van der Waals surface area contributed by atoms with Gasteiger partial charge in [-0.1, -0.05) is 55.3 Å². The zero-order chi connectivity index (χ0) is 21.3. The van der Waals surface area contributed by atoms with Crippen LogP contribution in [-0.2, 0) is 16.3 Å². The largest absolute Gasteiger partial charge is 0.309 e. The van der Waals surface area contributed by atoms with Crippen LogP contribution in [0.5, 0.6) is 0 Å². The van der Waals surface area contributed by atoms with Gasteiger partial charge in [-0.25, -0.2) is 8.42 Å². The topological polar surface area (TPSA) is 46.2 Å². The Bertz CT molecular complexity index is 988. The maximum absolute atomic E-state index is 12.2. The Labute approximate surface area is 182 Å². The number of nitrogens with one attached hydrogen (secondary N) is 1. The number of sulfone groups is 1. The second-order valence-electron chi connectivity index (χ2n) is 9.53. The first-order chi connectivity index (χ1) is 14.4. The highest BCUT2D eigenvalue weighted by Crippen LogP contribution is 2.43. The summed E-state index contributed by atoms with van der Waals surface area (Å²) < 4.78 is 24.4. The number of benzene rings is 2. The molecule has 1 unspecified atom stereocenters. The summed E-state index contributed by atoms with van der Waals surface area (Å²) >= 11 is 0. The molecule has 0 heterocycles. The van der Waals surface area contributed by atoms with Gasteiger partial charge in [0.05, 0.1) is 17.0 Å². The molecule has 2 aromatic rings. The van der Waals surface area contributed by atoms with Crippen LogP contribution in [0.2, 0.25) is 0 Å². The van der Waals surface area contributed by atoms with Crippen molar-refractivity contribution >= 4 is 9.84 Å². The fourth-order valence-electron chi connectivity index (χ4n) is 5.30. The van der Waals surface area contributed by atoms with Gasteiger partial charge in [-0.2, -0.15) is 0 Å². The first-order valence-electron chi connectivity index (χ1n) is 11.5. The molecule has 2 aliphatic carbocycles. The van der Waals surface area contributed by atoms with E-state index in [1.165, 1.54) is 47.1 Å². The van der Waals surface area contributed by atoms with E-state index in [0.29, 0.717) is 17.7 Å². The van der Waals surface area contributed by atoms with E-state index in [1.807, 2.05) is 7.05 Å². The monoisotopic (exact) mass is 425 g/mol. The summed E-state index contributed by atoms with van der Waals surface area (Å²) in [5.74, 6) is 1.48. The minimum Gasteiger partial charge on any atom is -0.309 e. The molecule has 162 valence electrons. The van der Waals surface area contributed by atoms with Gasteiger partial charge in [0.1, 0.15) is 0 Å². The van der Waals surface area contributed by atoms with Crippen molar-refractivity contribution in [1.82, 2.24) is 5.32 Å². The van der Waals surface area contributed by atoms with E-state index in [9.17, 15) is 8.42 Å². The average Bonchev–Trinajstić information content (AvgIpc) is 3.06. The molecule has 1 saturated carbocycles. The smallest absolute Gasteiger partial charge is 0.152 e. The van der Waals surface area contributed by atoms with Gasteiger partial charge in [0, 0.05) is 0 Å². The van der Waals surface area contributed by atoms with Crippen molar-refractivity contribution in [1.29, 1.82) is 0 Å². The number of aryl methyl sites for hydroxylation is 1. The summed E-state index contributed by atoms with van der Waals surface area (Å²) in [7, 11) is -0.878. The zero-order valence-corrected chi connectivity index (χ0v) is 19.3. The summed E-state index contributed by atoms with van der Waals surface area (Å²) in [5.41, 5.74) is 6.92. The highest BCUT2D eigenvalue weighted by atomic mass is 32.2. The Morgan fingerprint density at radius 3 is 2.30 bits per heavy atom. The van der Waals surface area contributed by atoms with E-state index in [2.05, 4.69) is 47.8 Å². The molecule has 0 radical (unpaired) electrons. The van der Waals surface area contributed by atoms with E-state index in [-0.39, 0.29) is 5.25 Å². The molecule has 0 saturated heterocycles. The fraction of sp³-hybridized carbons (Fsp3) is 0.538. The Hall–Kier alpha value is -1.65. The van der Waals surface area contributed by atoms with Crippen LogP contribution >= 0.6 is 0 Å². The molecule has 2 aliphatic rings. The van der Waals surface area contributed by atoms with Crippen LogP contribution in [0.3, 0.4) is 0 Å². The third-order valence-corrected chi connectivity index (χ3v) is 9.65. The SMILES string of the molecule is CNC1c2ccccc2-c2cc(CCC3CCC(CS(=O)(=O)C(C)C)CC3)ccc21. The predicted octanol–water partition coefficient (Wildman–Crippen LogP) is 5.54. The van der Waals surface area contributed by atoms with Crippen molar-refractivity contribution in [3.8, 4) is 11.1 Å². The van der Waals surface area contributed by atoms with E-state index >= 15 is 0 Å². The maximum atomic E-state index is 12.2. The minimum absolute atomic E-state index is 0.248. The van der Waals surface area contributed by atoms with E-state index in [0.717, 1.165) is 25.2 Å². The molecule has 0 spiro atoms. The molecule has 4 heteroatoms. The summed E-state index contributed by atoms with van der Waals surface area (Å²) in [6.45, 7) is 3.60. The quantitative estimate of drug-likeness (QED) is 0.634. The lowest BCUT2D eigenvalue weighted by atomic mass is 9.80. The van der Waals surface area contributed by atoms with E-state index in [4.69, 9.17) is 0 Å². The Balaban J connectivity index is 1.36. The van der Waals surface area contributed by atoms with Gasteiger partial charge in [-0.3, -0.25) is 0 Å². The molecule has 0 bridgehead atoms. The van der Waals surface area contributed by atoms with Gasteiger partial charge in [0.15, 0.2) is 9.84 Å². The fourth-order valence-corrected chi connectivity index (χ4v) is 6.67. The van der Waals surface area contributed by atoms with Crippen LogP contribution in [0.25, 0.3) is 11.1 Å². The Kier molecular flexibility index (Phi) is 6.36. The molecule has 0 aromatic heterocycles. The molecule has 4 rings (SSSR count). The first kappa shape index (κ1) is 21.6. The van der Waals surface area contributed by atoms with Crippen molar-refractivity contribution in [3.05, 3.63) is 59.2 Å². The second-order valence-corrected chi connectivity index (χ2v) is 12.1. The van der Waals surface area contributed by atoms with Crippen molar-refractivity contribution < 1.29 is 8.42 Å². The van der Waals surface area contributed by atoms with Crippen LogP contribution in [0.15, 0.2) is 42.5 Å². The molecule has 0 amide bonds. The summed E-state index contributed by atoms with van der Waals surface area (Å²) in [6.07, 6.45) is 6.80. The third kappa shape index (κ3) is 4.36. The zero-order valence-electron chi connectivity index (χ0n) is 18.5. The lowest BCUT2D eigenvalue weighted by molar-refractivity contribution is 0.278. The Morgan fingerprint density at radius 1 is 0.933 bits per heavy atom. The summed E-state index contributed by atoms with van der Waals surface area (Å²) in [4.78, 5) is 0. The molecule has 0 aliphatic heterocycles. The molecular weight excluding hydrogens is 390 g/mol. The van der Waals surface area contributed by atoms with Crippen molar-refractivity contribution in [2.45, 2.75) is 63.7 Å². The number of hydrogen-bond acceptors (Lipinski definition) is 3. The molecular formula is C26H35NO2S. The highest BCUT2D eigenvalue weighted by Gasteiger charge is 2.28. The Morgan fingerprint density at radius 2 is 1.60 bits per heavy atom. The van der Waals surface area contributed by atoms with Crippen molar-refractivity contribution in [2.24, 2.45) is 11.8 Å². The van der Waals surface area contributed by atoms with Gasteiger partial charge in [0.2, 0.25) is 0 Å². The summed E-state index contributed by atoms with van der Waals surface area (Å²) in [5, 5.41) is 3.22. The minimum atomic E-state index is -2.91. The molecule has 3 nitrogen and oxygen atoms in total. The lowest BCUT2D eigenvalue weighted by Gasteiger charge is -2.29. The van der Waals surface area contributed by atoms with Crippen molar-refractivity contribution in [3.63, 3.8) is 0 Å². The molecule has 1 atom stereocenters. The van der Waals surface area contributed by atoms with Gasteiger partial charge >= 0.3 is 0 Å². The highest BCUT2D eigenvalue weighted by molar-refractivity contribution is 7.91. The standard InChI is InChI=1S/C26H35NO2S/c1-18(2)30(28,29)17-21-12-9-19(10-13-21)8-11-20-14-15-24-25(16-20)22-6-4-5-7-23(22)26(24)27-3/h4-7,14-16,18-19,21,26-27H,8-13,17H2,1-3H3. The van der Waals surface area contributed by atoms with Gasteiger partial charge in [-0.05, 0) is 86.2 Å². The van der Waals surface area contributed by atoms with Crippen LogP contribution in [0.4, 0.5) is 0 Å². The maximum Gasteiger partial charge on any atom is 0.152 e. The number of rotatable bonds is 7. The lowest BCUT2D eigenvalue weighted by Crippen LogP contribution is -2.26. The number of hydrogen-bond donors (Lipinski definition) is 1. The molecule has 30 heavy (non-hydrogen) atoms. The normalized spacial score (nSPS) is 23.4. The van der Waals surface area contributed by atoms with Crippen LogP contribution in [0.1, 0.15) is 68.7 Å². The average molecular weight is 426 g/mol. The van der Waals surface area contributed by atoms with Crippen molar-refractivity contribution in [2.75, 3.05) is 12.8 Å². The number of fused-ring (bicyclic) bond motifs is 3. The van der Waals surface area contributed by atoms with Gasteiger partial charge < -0.3 is 5.32 Å². The van der Waals surface area contributed by atoms with Crippen LogP contribution < -0.4 is 5.32 Å². The van der Waals surface area contributed by atoms with E-state index in [1.54, 1.807) is 13.8 Å². The third-order valence-electron chi connectivity index (χ3n) is 7.27. The van der Waals surface area contributed by atoms with Gasteiger partial charge in [-0.15, -0.1) is 0 Å². The van der Waals surface area contributed by atoms with Crippen LogP contribution in [0, 0.1) is 11.8 Å². The summed E-state index contributed by atoms with van der Waals surface area (Å²) in [6, 6.07) is 16.0. The second kappa shape index (κ2) is 8.84.